The molecule has 0 aliphatic carbocycles. The number of ether oxygens (including phenoxy) is 1. The van der Waals surface area contributed by atoms with Crippen molar-refractivity contribution in [3.63, 3.8) is 0 Å². The van der Waals surface area contributed by atoms with Crippen molar-refractivity contribution in [2.24, 2.45) is 5.16 Å². The SMILES string of the molecule is O=C(CO/N=C/c1ccc(OC(F)F)cc1)Nc1ccc(I)cc1. The minimum atomic E-state index is -2.86. The van der Waals surface area contributed by atoms with Crippen molar-refractivity contribution >= 4 is 40.4 Å². The lowest BCUT2D eigenvalue weighted by molar-refractivity contribution is -0.120. The number of halogens is 3. The quantitative estimate of drug-likeness (QED) is 0.399. The molecule has 1 amide bonds. The Morgan fingerprint density at radius 1 is 1.17 bits per heavy atom. The van der Waals surface area contributed by atoms with E-state index in [1.165, 1.54) is 30.5 Å². The number of carbonyl (C=O) groups excluding carboxylic acids is 1. The Labute approximate surface area is 150 Å². The van der Waals surface area contributed by atoms with Crippen LogP contribution in [-0.4, -0.2) is 25.3 Å². The molecule has 0 radical (unpaired) electrons. The van der Waals surface area contributed by atoms with Crippen molar-refractivity contribution in [3.05, 3.63) is 57.7 Å². The van der Waals surface area contributed by atoms with Gasteiger partial charge in [0.05, 0.1) is 6.21 Å². The first-order valence-corrected chi connectivity index (χ1v) is 7.86. The smallest absolute Gasteiger partial charge is 0.387 e. The van der Waals surface area contributed by atoms with Gasteiger partial charge in [0.15, 0.2) is 6.61 Å². The molecule has 126 valence electrons. The number of carbonyl (C=O) groups is 1. The van der Waals surface area contributed by atoms with Crippen LogP contribution in [0.2, 0.25) is 0 Å². The number of nitrogens with zero attached hydrogens (tertiary/aromatic N) is 1. The summed E-state index contributed by atoms with van der Waals surface area (Å²) in [6.07, 6.45) is 1.37. The summed E-state index contributed by atoms with van der Waals surface area (Å²) < 4.78 is 29.3. The van der Waals surface area contributed by atoms with Crippen molar-refractivity contribution in [1.82, 2.24) is 0 Å². The van der Waals surface area contributed by atoms with Gasteiger partial charge in [-0.1, -0.05) is 5.16 Å². The fourth-order valence-electron chi connectivity index (χ4n) is 1.66. The molecule has 0 bridgehead atoms. The number of oxime groups is 1. The minimum absolute atomic E-state index is 0.0555. The number of rotatable bonds is 7. The highest BCUT2D eigenvalue weighted by molar-refractivity contribution is 14.1. The normalized spacial score (nSPS) is 10.8. The maximum absolute atomic E-state index is 12.0. The van der Waals surface area contributed by atoms with E-state index in [0.29, 0.717) is 11.3 Å². The second kappa shape index (κ2) is 9.16. The van der Waals surface area contributed by atoms with Crippen LogP contribution in [0.4, 0.5) is 14.5 Å². The highest BCUT2D eigenvalue weighted by Gasteiger charge is 2.04. The van der Waals surface area contributed by atoms with E-state index in [2.05, 4.69) is 37.8 Å². The fourth-order valence-corrected chi connectivity index (χ4v) is 2.02. The van der Waals surface area contributed by atoms with Gasteiger partial charge >= 0.3 is 6.61 Å². The summed E-state index contributed by atoms with van der Waals surface area (Å²) in [5.74, 6) is -0.283. The van der Waals surface area contributed by atoms with Crippen LogP contribution in [0.1, 0.15) is 5.56 Å². The van der Waals surface area contributed by atoms with E-state index in [0.717, 1.165) is 3.57 Å². The Morgan fingerprint density at radius 2 is 1.83 bits per heavy atom. The molecule has 0 spiro atoms. The monoisotopic (exact) mass is 446 g/mol. The van der Waals surface area contributed by atoms with Crippen LogP contribution in [0.15, 0.2) is 53.7 Å². The van der Waals surface area contributed by atoms with Gasteiger partial charge < -0.3 is 14.9 Å². The zero-order valence-electron chi connectivity index (χ0n) is 12.3. The van der Waals surface area contributed by atoms with E-state index in [9.17, 15) is 13.6 Å². The molecular formula is C16H13F2IN2O3. The summed E-state index contributed by atoms with van der Waals surface area (Å²) in [5.41, 5.74) is 1.29. The van der Waals surface area contributed by atoms with Gasteiger partial charge in [-0.3, -0.25) is 4.79 Å². The lowest BCUT2D eigenvalue weighted by atomic mass is 10.2. The van der Waals surface area contributed by atoms with Crippen molar-refractivity contribution < 1.29 is 23.1 Å². The Balaban J connectivity index is 1.75. The second-order valence-electron chi connectivity index (χ2n) is 4.51. The van der Waals surface area contributed by atoms with Crippen LogP contribution in [0, 0.1) is 3.57 Å². The summed E-state index contributed by atoms with van der Waals surface area (Å²) in [7, 11) is 0. The maximum atomic E-state index is 12.0. The largest absolute Gasteiger partial charge is 0.435 e. The zero-order valence-corrected chi connectivity index (χ0v) is 14.4. The molecule has 2 aromatic rings. The topological polar surface area (TPSA) is 59.9 Å². The van der Waals surface area contributed by atoms with E-state index in [1.54, 1.807) is 12.1 Å². The summed E-state index contributed by atoms with van der Waals surface area (Å²) in [4.78, 5) is 16.6. The number of benzene rings is 2. The third-order valence-electron chi connectivity index (χ3n) is 2.71. The Hall–Kier alpha value is -2.23. The predicted molar refractivity (Wildman–Crippen MR) is 94.4 cm³/mol. The van der Waals surface area contributed by atoms with Gasteiger partial charge in [-0.2, -0.15) is 8.78 Å². The van der Waals surface area contributed by atoms with Crippen molar-refractivity contribution in [3.8, 4) is 5.75 Å². The van der Waals surface area contributed by atoms with Gasteiger partial charge in [-0.25, -0.2) is 0 Å². The molecule has 0 aliphatic rings. The molecule has 8 heteroatoms. The Bertz CT molecular complexity index is 691. The summed E-state index contributed by atoms with van der Waals surface area (Å²) >= 11 is 2.17. The zero-order chi connectivity index (χ0) is 17.4. The van der Waals surface area contributed by atoms with E-state index in [4.69, 9.17) is 4.84 Å². The van der Waals surface area contributed by atoms with Gasteiger partial charge in [-0.05, 0) is 76.7 Å². The number of nitrogens with one attached hydrogen (secondary N) is 1. The average Bonchev–Trinajstić information content (AvgIpc) is 2.55. The van der Waals surface area contributed by atoms with E-state index in [1.807, 2.05) is 12.1 Å². The lowest BCUT2D eigenvalue weighted by Crippen LogP contribution is -2.16. The van der Waals surface area contributed by atoms with Gasteiger partial charge in [0.25, 0.3) is 5.91 Å². The van der Waals surface area contributed by atoms with Crippen LogP contribution in [0.3, 0.4) is 0 Å². The van der Waals surface area contributed by atoms with E-state index >= 15 is 0 Å². The van der Waals surface area contributed by atoms with Crippen molar-refractivity contribution in [2.75, 3.05) is 11.9 Å². The first-order chi connectivity index (χ1) is 11.5. The molecule has 2 rings (SSSR count). The lowest BCUT2D eigenvalue weighted by Gasteiger charge is -2.04. The van der Waals surface area contributed by atoms with Gasteiger partial charge in [0.2, 0.25) is 0 Å². The summed E-state index contributed by atoms with van der Waals surface area (Å²) in [6.45, 7) is -3.10. The molecule has 2 aromatic carbocycles. The van der Waals surface area contributed by atoms with Crippen molar-refractivity contribution in [2.45, 2.75) is 6.61 Å². The predicted octanol–water partition coefficient (Wildman–Crippen LogP) is 3.88. The first kappa shape index (κ1) is 18.1. The van der Waals surface area contributed by atoms with E-state index in [-0.39, 0.29) is 18.3 Å². The van der Waals surface area contributed by atoms with Gasteiger partial charge in [0.1, 0.15) is 5.75 Å². The van der Waals surface area contributed by atoms with Gasteiger partial charge in [0, 0.05) is 9.26 Å². The number of hydrogen-bond acceptors (Lipinski definition) is 4. The first-order valence-electron chi connectivity index (χ1n) is 6.78. The maximum Gasteiger partial charge on any atom is 0.387 e. The molecule has 5 nitrogen and oxygen atoms in total. The molecule has 0 fully saturated rings. The highest BCUT2D eigenvalue weighted by Crippen LogP contribution is 2.14. The Kier molecular flexibility index (Phi) is 6.91. The molecule has 24 heavy (non-hydrogen) atoms. The fraction of sp³-hybridized carbons (Fsp3) is 0.125. The van der Waals surface area contributed by atoms with Crippen LogP contribution in [-0.2, 0) is 9.63 Å². The molecule has 0 heterocycles. The van der Waals surface area contributed by atoms with Crippen molar-refractivity contribution in [1.29, 1.82) is 0 Å². The Morgan fingerprint density at radius 3 is 2.46 bits per heavy atom. The standard InChI is InChI=1S/C16H13F2IN2O3/c17-16(18)24-14-7-1-11(2-8-14)9-20-23-10-15(22)21-13-5-3-12(19)4-6-13/h1-9,16H,10H2,(H,21,22)/b20-9+. The molecule has 1 N–H and O–H groups in total. The molecule has 0 saturated carbocycles. The average molecular weight is 446 g/mol. The number of alkyl halides is 2. The molecule has 0 aliphatic heterocycles. The van der Waals surface area contributed by atoms with E-state index < -0.39 is 6.61 Å². The number of amides is 1. The third-order valence-corrected chi connectivity index (χ3v) is 3.42. The molecule has 0 aromatic heterocycles. The summed E-state index contributed by atoms with van der Waals surface area (Å²) in [6, 6.07) is 13.2. The number of hydrogen-bond donors (Lipinski definition) is 1. The molecule has 0 atom stereocenters. The third kappa shape index (κ3) is 6.49. The highest BCUT2D eigenvalue weighted by atomic mass is 127. The number of anilines is 1. The second-order valence-corrected chi connectivity index (χ2v) is 5.76. The molecule has 0 saturated heterocycles. The minimum Gasteiger partial charge on any atom is -0.435 e. The van der Waals surface area contributed by atoms with Crippen LogP contribution < -0.4 is 10.1 Å². The van der Waals surface area contributed by atoms with Crippen LogP contribution >= 0.6 is 22.6 Å². The molecule has 0 unspecified atom stereocenters. The summed E-state index contributed by atoms with van der Waals surface area (Å²) in [5, 5.41) is 6.32. The van der Waals surface area contributed by atoms with Gasteiger partial charge in [-0.15, -0.1) is 0 Å². The van der Waals surface area contributed by atoms with Crippen LogP contribution in [0.5, 0.6) is 5.75 Å². The van der Waals surface area contributed by atoms with Crippen LogP contribution in [0.25, 0.3) is 0 Å². The molecular weight excluding hydrogens is 433 g/mol.